The number of para-hydroxylation sites is 1. The van der Waals surface area contributed by atoms with E-state index in [9.17, 15) is 24.0 Å². The van der Waals surface area contributed by atoms with E-state index >= 15 is 0 Å². The molecule has 28 heavy (non-hydrogen) atoms. The summed E-state index contributed by atoms with van der Waals surface area (Å²) in [7, 11) is 1.22. The molecule has 2 amide bonds. The van der Waals surface area contributed by atoms with Crippen LogP contribution in [0.5, 0.6) is 0 Å². The lowest BCUT2D eigenvalue weighted by molar-refractivity contribution is -0.149. The molecule has 150 valence electrons. The van der Waals surface area contributed by atoms with Crippen LogP contribution in [0.3, 0.4) is 0 Å². The highest BCUT2D eigenvalue weighted by Crippen LogP contribution is 2.28. The first-order valence-corrected chi connectivity index (χ1v) is 8.72. The normalized spacial score (nSPS) is 13.9. The summed E-state index contributed by atoms with van der Waals surface area (Å²) in [5.41, 5.74) is 0.536. The van der Waals surface area contributed by atoms with E-state index in [1.54, 1.807) is 18.2 Å². The van der Waals surface area contributed by atoms with Gasteiger partial charge in [0.25, 0.3) is 17.6 Å². The molecule has 1 aromatic carbocycles. The molecule has 0 saturated heterocycles. The third-order valence-electron chi connectivity index (χ3n) is 4.06. The van der Waals surface area contributed by atoms with Crippen LogP contribution in [0, 0.1) is 5.92 Å². The van der Waals surface area contributed by atoms with Gasteiger partial charge in [-0.2, -0.15) is 0 Å². The van der Waals surface area contributed by atoms with Crippen molar-refractivity contribution in [1.29, 1.82) is 0 Å². The fourth-order valence-electron chi connectivity index (χ4n) is 2.79. The van der Waals surface area contributed by atoms with Crippen molar-refractivity contribution in [3.63, 3.8) is 0 Å². The van der Waals surface area contributed by atoms with Crippen LogP contribution in [0.1, 0.15) is 30.6 Å². The fraction of sp³-hybridized carbons (Fsp3) is 0.421. The summed E-state index contributed by atoms with van der Waals surface area (Å²) in [4.78, 5) is 60.7. The van der Waals surface area contributed by atoms with Gasteiger partial charge in [-0.15, -0.1) is 0 Å². The molecule has 1 aliphatic rings. The number of fused-ring (bicyclic) bond motifs is 1. The molecule has 1 aromatic rings. The minimum absolute atomic E-state index is 0.130. The first kappa shape index (κ1) is 21.1. The molecule has 1 aliphatic heterocycles. The molecule has 0 saturated carbocycles. The number of carbonyl (C=O) groups excluding carboxylic acids is 5. The standard InChI is InChI=1S/C19H22N2O7/c1-11(2)8-13(19(26)27-3)20-15(22)10-28-16(23)9-21-14-7-5-4-6-12(14)17(24)18(21)25/h4-7,11,13H,8-10H2,1-3H3,(H,20,22)/t13-/m1/s1. The van der Waals surface area contributed by atoms with Crippen molar-refractivity contribution < 1.29 is 33.4 Å². The molecule has 0 spiro atoms. The van der Waals surface area contributed by atoms with Crippen LogP contribution in [-0.2, 0) is 28.7 Å². The second kappa shape index (κ2) is 9.12. The van der Waals surface area contributed by atoms with Gasteiger partial charge in [-0.05, 0) is 24.5 Å². The average molecular weight is 390 g/mol. The van der Waals surface area contributed by atoms with Gasteiger partial charge in [0.2, 0.25) is 0 Å². The number of Topliss-reactive ketones (excluding diaryl/α,β-unsaturated/α-hetero) is 1. The lowest BCUT2D eigenvalue weighted by Gasteiger charge is -2.19. The summed E-state index contributed by atoms with van der Waals surface area (Å²) >= 11 is 0. The van der Waals surface area contributed by atoms with Gasteiger partial charge in [0.05, 0.1) is 18.4 Å². The van der Waals surface area contributed by atoms with E-state index in [0.717, 1.165) is 4.90 Å². The molecule has 0 aromatic heterocycles. The van der Waals surface area contributed by atoms with Gasteiger partial charge in [-0.1, -0.05) is 26.0 Å². The van der Waals surface area contributed by atoms with Gasteiger partial charge >= 0.3 is 11.9 Å². The number of benzene rings is 1. The Bertz CT molecular complexity index is 803. The van der Waals surface area contributed by atoms with Gasteiger partial charge in [0, 0.05) is 0 Å². The lowest BCUT2D eigenvalue weighted by Crippen LogP contribution is -2.44. The largest absolute Gasteiger partial charge is 0.467 e. The number of nitrogens with zero attached hydrogens (tertiary/aromatic N) is 1. The molecule has 0 fully saturated rings. The summed E-state index contributed by atoms with van der Waals surface area (Å²) in [5.74, 6) is -3.52. The quantitative estimate of drug-likeness (QED) is 0.506. The van der Waals surface area contributed by atoms with Crippen molar-refractivity contribution in [2.45, 2.75) is 26.3 Å². The Morgan fingerprint density at radius 3 is 2.46 bits per heavy atom. The number of amides is 2. The molecular formula is C19H22N2O7. The van der Waals surface area contributed by atoms with Crippen LogP contribution >= 0.6 is 0 Å². The first-order chi connectivity index (χ1) is 13.2. The number of hydrogen-bond donors (Lipinski definition) is 1. The highest BCUT2D eigenvalue weighted by atomic mass is 16.5. The molecule has 9 heteroatoms. The molecule has 0 bridgehead atoms. The molecular weight excluding hydrogens is 368 g/mol. The van der Waals surface area contributed by atoms with E-state index in [4.69, 9.17) is 4.74 Å². The average Bonchev–Trinajstić information content (AvgIpc) is 2.90. The third kappa shape index (κ3) is 4.93. The Kier molecular flexibility index (Phi) is 6.86. The zero-order valence-corrected chi connectivity index (χ0v) is 15.9. The summed E-state index contributed by atoms with van der Waals surface area (Å²) < 4.78 is 9.52. The highest BCUT2D eigenvalue weighted by Gasteiger charge is 2.36. The molecule has 2 rings (SSSR count). The van der Waals surface area contributed by atoms with Crippen molar-refractivity contribution in [2.24, 2.45) is 5.92 Å². The topological polar surface area (TPSA) is 119 Å². The van der Waals surface area contributed by atoms with Crippen LogP contribution in [0.15, 0.2) is 24.3 Å². The Morgan fingerprint density at radius 1 is 1.14 bits per heavy atom. The van der Waals surface area contributed by atoms with Crippen LogP contribution in [-0.4, -0.2) is 55.8 Å². The summed E-state index contributed by atoms with van der Waals surface area (Å²) in [6.45, 7) is 2.64. The van der Waals surface area contributed by atoms with Gasteiger partial charge in [-0.3, -0.25) is 24.1 Å². The van der Waals surface area contributed by atoms with Crippen molar-refractivity contribution in [2.75, 3.05) is 25.2 Å². The number of ether oxygens (including phenoxy) is 2. The number of anilines is 1. The maximum Gasteiger partial charge on any atom is 0.328 e. The van der Waals surface area contributed by atoms with E-state index in [-0.39, 0.29) is 11.5 Å². The zero-order chi connectivity index (χ0) is 20.8. The molecule has 9 nitrogen and oxygen atoms in total. The number of methoxy groups -OCH3 is 1. The van der Waals surface area contributed by atoms with Crippen LogP contribution in [0.4, 0.5) is 5.69 Å². The summed E-state index contributed by atoms with van der Waals surface area (Å²) in [6.07, 6.45) is 0.369. The number of nitrogens with one attached hydrogen (secondary N) is 1. The Morgan fingerprint density at radius 2 is 1.82 bits per heavy atom. The van der Waals surface area contributed by atoms with Crippen LogP contribution < -0.4 is 10.2 Å². The van der Waals surface area contributed by atoms with Crippen molar-refractivity contribution >= 4 is 35.2 Å². The number of rotatable bonds is 8. The van der Waals surface area contributed by atoms with Crippen LogP contribution in [0.2, 0.25) is 0 Å². The monoisotopic (exact) mass is 390 g/mol. The smallest absolute Gasteiger partial charge is 0.328 e. The number of ketones is 1. The predicted octanol–water partition coefficient (Wildman–Crippen LogP) is 0.463. The van der Waals surface area contributed by atoms with E-state index < -0.39 is 48.7 Å². The zero-order valence-electron chi connectivity index (χ0n) is 15.9. The Labute approximate surface area is 162 Å². The van der Waals surface area contributed by atoms with Crippen molar-refractivity contribution in [3.05, 3.63) is 29.8 Å². The third-order valence-corrected chi connectivity index (χ3v) is 4.06. The summed E-state index contributed by atoms with van der Waals surface area (Å²) in [6, 6.07) is 5.45. The molecule has 0 radical (unpaired) electrons. The molecule has 1 heterocycles. The maximum atomic E-state index is 12.0. The molecule has 0 aliphatic carbocycles. The SMILES string of the molecule is COC(=O)[C@@H](CC(C)C)NC(=O)COC(=O)CN1C(=O)C(=O)c2ccccc21. The van der Waals surface area contributed by atoms with Gasteiger partial charge < -0.3 is 14.8 Å². The van der Waals surface area contributed by atoms with Gasteiger partial charge in [0.15, 0.2) is 6.61 Å². The second-order valence-electron chi connectivity index (χ2n) is 6.67. The molecule has 1 atom stereocenters. The van der Waals surface area contributed by atoms with Crippen molar-refractivity contribution in [3.8, 4) is 0 Å². The second-order valence-corrected chi connectivity index (χ2v) is 6.67. The number of hydrogen-bond acceptors (Lipinski definition) is 7. The lowest BCUT2D eigenvalue weighted by atomic mass is 10.0. The Balaban J connectivity index is 1.90. The Hall–Kier alpha value is -3.23. The maximum absolute atomic E-state index is 12.0. The van der Waals surface area contributed by atoms with Crippen LogP contribution in [0.25, 0.3) is 0 Å². The van der Waals surface area contributed by atoms with E-state index in [1.807, 2.05) is 13.8 Å². The molecule has 0 unspecified atom stereocenters. The number of carbonyl (C=O) groups is 5. The number of esters is 2. The predicted molar refractivity (Wildman–Crippen MR) is 97.5 cm³/mol. The highest BCUT2D eigenvalue weighted by molar-refractivity contribution is 6.52. The fourth-order valence-corrected chi connectivity index (χ4v) is 2.79. The van der Waals surface area contributed by atoms with E-state index in [2.05, 4.69) is 10.1 Å². The minimum atomic E-state index is -0.855. The minimum Gasteiger partial charge on any atom is -0.467 e. The summed E-state index contributed by atoms with van der Waals surface area (Å²) in [5, 5.41) is 2.45. The first-order valence-electron chi connectivity index (χ1n) is 8.72. The molecule has 1 N–H and O–H groups in total. The van der Waals surface area contributed by atoms with Crippen molar-refractivity contribution in [1.82, 2.24) is 5.32 Å². The van der Waals surface area contributed by atoms with Gasteiger partial charge in [-0.25, -0.2) is 4.79 Å². The van der Waals surface area contributed by atoms with E-state index in [0.29, 0.717) is 12.1 Å². The van der Waals surface area contributed by atoms with Gasteiger partial charge in [0.1, 0.15) is 12.6 Å². The van der Waals surface area contributed by atoms with E-state index in [1.165, 1.54) is 13.2 Å².